The number of aryl methyl sites for hydroxylation is 1. The van der Waals surface area contributed by atoms with E-state index in [9.17, 15) is 27.6 Å². The van der Waals surface area contributed by atoms with Crippen LogP contribution < -0.4 is 9.64 Å². The molecule has 2 aromatic heterocycles. The standard InChI is InChI=1S/C25H24F4N6O2/c1-15-13-35-22(31-23(15)33-9-7-16(12-30)14-33)11-19(32-35)20-4-2-3-8-34(20)24(36)18-10-17(26)5-6-21(18)37-25(27,28)29/h5-6,10-11,13,16,20H,2-4,7-9,14H2,1H3. The maximum absolute atomic E-state index is 14.0. The average Bonchev–Trinajstić information content (AvgIpc) is 3.50. The lowest BCUT2D eigenvalue weighted by atomic mass is 9.98. The molecule has 0 aliphatic carbocycles. The summed E-state index contributed by atoms with van der Waals surface area (Å²) in [4.78, 5) is 21.7. The summed E-state index contributed by atoms with van der Waals surface area (Å²) in [6, 6.07) is 5.92. The van der Waals surface area contributed by atoms with Gasteiger partial charge < -0.3 is 14.5 Å². The number of halogens is 4. The van der Waals surface area contributed by atoms with E-state index < -0.39 is 35.4 Å². The molecule has 1 aromatic carbocycles. The Kier molecular flexibility index (Phi) is 6.39. The van der Waals surface area contributed by atoms with E-state index in [0.29, 0.717) is 30.7 Å². The number of benzene rings is 1. The fourth-order valence-corrected chi connectivity index (χ4v) is 5.08. The Labute approximate surface area is 210 Å². The molecule has 0 saturated carbocycles. The zero-order valence-electron chi connectivity index (χ0n) is 20.0. The molecule has 2 saturated heterocycles. The summed E-state index contributed by atoms with van der Waals surface area (Å²) >= 11 is 0. The van der Waals surface area contributed by atoms with Crippen molar-refractivity contribution in [2.75, 3.05) is 24.5 Å². The van der Waals surface area contributed by atoms with Gasteiger partial charge in [0.1, 0.15) is 17.4 Å². The molecular weight excluding hydrogens is 492 g/mol. The molecule has 3 aromatic rings. The van der Waals surface area contributed by atoms with Gasteiger partial charge in [0.15, 0.2) is 5.65 Å². The lowest BCUT2D eigenvalue weighted by Gasteiger charge is -2.35. The van der Waals surface area contributed by atoms with Gasteiger partial charge in [-0.2, -0.15) is 10.4 Å². The molecule has 0 radical (unpaired) electrons. The third-order valence-electron chi connectivity index (χ3n) is 6.80. The van der Waals surface area contributed by atoms with Crippen molar-refractivity contribution in [2.45, 2.75) is 45.0 Å². The lowest BCUT2D eigenvalue weighted by molar-refractivity contribution is -0.274. The Morgan fingerprint density at radius 2 is 2.00 bits per heavy atom. The Morgan fingerprint density at radius 1 is 1.19 bits per heavy atom. The fraction of sp³-hybridized carbons (Fsp3) is 0.440. The van der Waals surface area contributed by atoms with Crippen LogP contribution >= 0.6 is 0 Å². The van der Waals surface area contributed by atoms with Gasteiger partial charge in [0.05, 0.1) is 29.3 Å². The monoisotopic (exact) mass is 516 g/mol. The molecule has 2 unspecified atom stereocenters. The average molecular weight is 516 g/mol. The first-order valence-electron chi connectivity index (χ1n) is 12.0. The molecule has 12 heteroatoms. The van der Waals surface area contributed by atoms with E-state index in [0.717, 1.165) is 49.0 Å². The van der Waals surface area contributed by atoms with Crippen LogP contribution in [0.4, 0.5) is 23.4 Å². The third-order valence-corrected chi connectivity index (χ3v) is 6.80. The Morgan fingerprint density at radius 3 is 2.73 bits per heavy atom. The van der Waals surface area contributed by atoms with Crippen LogP contribution in [0.25, 0.3) is 5.65 Å². The quantitative estimate of drug-likeness (QED) is 0.464. The van der Waals surface area contributed by atoms with Gasteiger partial charge in [-0.15, -0.1) is 13.2 Å². The Bertz CT molecular complexity index is 1380. The van der Waals surface area contributed by atoms with Crippen LogP contribution in [0, 0.1) is 30.0 Å². The molecule has 8 nitrogen and oxygen atoms in total. The summed E-state index contributed by atoms with van der Waals surface area (Å²) in [5.41, 5.74) is 1.49. The molecule has 37 heavy (non-hydrogen) atoms. The van der Waals surface area contributed by atoms with Crippen LogP contribution in [0.3, 0.4) is 0 Å². The predicted octanol–water partition coefficient (Wildman–Crippen LogP) is 4.79. The third kappa shape index (κ3) is 5.03. The molecule has 194 valence electrons. The van der Waals surface area contributed by atoms with Gasteiger partial charge in [0, 0.05) is 37.5 Å². The van der Waals surface area contributed by atoms with Crippen molar-refractivity contribution in [1.29, 1.82) is 5.26 Å². The first-order chi connectivity index (χ1) is 17.6. The first-order valence-corrected chi connectivity index (χ1v) is 12.0. The van der Waals surface area contributed by atoms with Gasteiger partial charge in [-0.25, -0.2) is 13.9 Å². The number of rotatable bonds is 4. The molecule has 2 atom stereocenters. The number of nitrogens with zero attached hydrogens (tertiary/aromatic N) is 6. The summed E-state index contributed by atoms with van der Waals surface area (Å²) in [5.74, 6) is -1.63. The van der Waals surface area contributed by atoms with Crippen LogP contribution in [-0.2, 0) is 0 Å². The van der Waals surface area contributed by atoms with Crippen LogP contribution in [0.1, 0.15) is 53.3 Å². The van der Waals surface area contributed by atoms with E-state index in [2.05, 4.69) is 20.8 Å². The van der Waals surface area contributed by atoms with E-state index in [1.165, 1.54) is 4.90 Å². The number of carbonyl (C=O) groups excluding carboxylic acids is 1. The van der Waals surface area contributed by atoms with Crippen LogP contribution in [0.15, 0.2) is 30.5 Å². The van der Waals surface area contributed by atoms with E-state index in [-0.39, 0.29) is 12.5 Å². The molecule has 4 heterocycles. The molecule has 0 bridgehead atoms. The van der Waals surface area contributed by atoms with Crippen molar-refractivity contribution in [3.63, 3.8) is 0 Å². The topological polar surface area (TPSA) is 86.8 Å². The largest absolute Gasteiger partial charge is 0.573 e. The normalized spacial score (nSPS) is 20.3. The van der Waals surface area contributed by atoms with E-state index in [1.807, 2.05) is 13.1 Å². The molecule has 2 aliphatic heterocycles. The van der Waals surface area contributed by atoms with Gasteiger partial charge in [-0.1, -0.05) is 0 Å². The molecular formula is C25H24F4N6O2. The number of carbonyl (C=O) groups is 1. The highest BCUT2D eigenvalue weighted by atomic mass is 19.4. The zero-order valence-corrected chi connectivity index (χ0v) is 20.0. The van der Waals surface area contributed by atoms with Gasteiger partial charge in [0.2, 0.25) is 0 Å². The summed E-state index contributed by atoms with van der Waals surface area (Å²) in [7, 11) is 0. The minimum atomic E-state index is -5.03. The van der Waals surface area contributed by atoms with E-state index in [4.69, 9.17) is 4.98 Å². The fourth-order valence-electron chi connectivity index (χ4n) is 5.08. The summed E-state index contributed by atoms with van der Waals surface area (Å²) in [6.07, 6.45) is -0.443. The molecule has 0 N–H and O–H groups in total. The molecule has 1 amide bonds. The number of likely N-dealkylation sites (tertiary alicyclic amines) is 1. The minimum Gasteiger partial charge on any atom is -0.405 e. The Hall–Kier alpha value is -3.88. The van der Waals surface area contributed by atoms with Gasteiger partial charge in [-0.05, 0) is 50.8 Å². The summed E-state index contributed by atoms with van der Waals surface area (Å²) < 4.78 is 58.4. The Balaban J connectivity index is 1.47. The molecule has 2 fully saturated rings. The molecule has 5 rings (SSSR count). The number of anilines is 1. The highest BCUT2D eigenvalue weighted by Gasteiger charge is 2.36. The SMILES string of the molecule is Cc1cn2nc(C3CCCCN3C(=O)c3cc(F)ccc3OC(F)(F)F)cc2nc1N1CCC(C#N)C1. The summed E-state index contributed by atoms with van der Waals surface area (Å²) in [5, 5.41) is 13.9. The number of nitriles is 1. The van der Waals surface area contributed by atoms with Crippen molar-refractivity contribution < 1.29 is 27.1 Å². The van der Waals surface area contributed by atoms with E-state index >= 15 is 0 Å². The maximum atomic E-state index is 14.0. The van der Waals surface area contributed by atoms with E-state index in [1.54, 1.807) is 10.6 Å². The lowest BCUT2D eigenvalue weighted by Crippen LogP contribution is -2.39. The van der Waals surface area contributed by atoms with Gasteiger partial charge in [-0.3, -0.25) is 4.79 Å². The number of piperidine rings is 1. The van der Waals surface area contributed by atoms with Crippen LogP contribution in [0.5, 0.6) is 5.75 Å². The van der Waals surface area contributed by atoms with Gasteiger partial charge >= 0.3 is 6.36 Å². The number of hydrogen-bond donors (Lipinski definition) is 0. The minimum absolute atomic E-state index is 0.0475. The second-order valence-electron chi connectivity index (χ2n) is 9.38. The highest BCUT2D eigenvalue weighted by Crippen LogP contribution is 2.35. The van der Waals surface area contributed by atoms with Gasteiger partial charge in [0.25, 0.3) is 5.91 Å². The summed E-state index contributed by atoms with van der Waals surface area (Å²) in [6.45, 7) is 3.51. The molecule has 2 aliphatic rings. The number of aromatic nitrogens is 3. The predicted molar refractivity (Wildman–Crippen MR) is 124 cm³/mol. The smallest absolute Gasteiger partial charge is 0.405 e. The van der Waals surface area contributed by atoms with Crippen molar-refractivity contribution in [1.82, 2.24) is 19.5 Å². The van der Waals surface area contributed by atoms with Crippen molar-refractivity contribution >= 4 is 17.4 Å². The highest BCUT2D eigenvalue weighted by molar-refractivity contribution is 5.97. The number of amides is 1. The first kappa shape index (κ1) is 24.8. The number of hydrogen-bond acceptors (Lipinski definition) is 6. The van der Waals surface area contributed by atoms with Crippen molar-refractivity contribution in [3.8, 4) is 11.8 Å². The number of fused-ring (bicyclic) bond motifs is 1. The van der Waals surface area contributed by atoms with Crippen LogP contribution in [0.2, 0.25) is 0 Å². The molecule has 0 spiro atoms. The van der Waals surface area contributed by atoms with Crippen molar-refractivity contribution in [2.24, 2.45) is 5.92 Å². The van der Waals surface area contributed by atoms with Crippen LogP contribution in [-0.4, -0.2) is 51.4 Å². The second kappa shape index (κ2) is 9.53. The second-order valence-corrected chi connectivity index (χ2v) is 9.38. The number of alkyl halides is 3. The zero-order chi connectivity index (χ0) is 26.3. The van der Waals surface area contributed by atoms with Crippen molar-refractivity contribution in [3.05, 3.63) is 53.1 Å². The number of ether oxygens (including phenoxy) is 1. The maximum Gasteiger partial charge on any atom is 0.573 e.